The molecule has 0 fully saturated rings. The predicted molar refractivity (Wildman–Crippen MR) is 86.7 cm³/mol. The number of rotatable bonds is 1. The first-order valence-corrected chi connectivity index (χ1v) is 8.57. The van der Waals surface area contributed by atoms with E-state index in [4.69, 9.17) is 23.2 Å². The lowest BCUT2D eigenvalue weighted by Gasteiger charge is -2.12. The summed E-state index contributed by atoms with van der Waals surface area (Å²) in [5.74, 6) is 0. The Balaban J connectivity index is 2.15. The fourth-order valence-corrected chi connectivity index (χ4v) is 4.56. The standard InChI is InChI=1S/C13H3BrCl2F6N2S/c14-8-9-7(25-11(8)13(20,21)22)3-24(23-9)10-5(15)1-4(2-6(10)16)12(17,18)19/h1-3H. The van der Waals surface area contributed by atoms with Crippen molar-refractivity contribution >= 4 is 60.7 Å². The Morgan fingerprint density at radius 1 is 1.00 bits per heavy atom. The highest BCUT2D eigenvalue weighted by atomic mass is 79.9. The molecule has 0 spiro atoms. The fourth-order valence-electron chi connectivity index (χ4n) is 2.09. The first kappa shape index (κ1) is 18.8. The van der Waals surface area contributed by atoms with E-state index in [2.05, 4.69) is 21.0 Å². The van der Waals surface area contributed by atoms with Gasteiger partial charge in [0.25, 0.3) is 0 Å². The van der Waals surface area contributed by atoms with Gasteiger partial charge in [-0.25, -0.2) is 4.68 Å². The zero-order valence-electron chi connectivity index (χ0n) is 11.4. The quantitative estimate of drug-likeness (QED) is 0.335. The second-order valence-corrected chi connectivity index (χ2v) is 7.48. The molecule has 3 aromatic rings. The molecule has 2 aromatic heterocycles. The largest absolute Gasteiger partial charge is 0.426 e. The summed E-state index contributed by atoms with van der Waals surface area (Å²) in [6, 6.07) is 1.35. The van der Waals surface area contributed by atoms with Crippen LogP contribution in [0, 0.1) is 0 Å². The van der Waals surface area contributed by atoms with Gasteiger partial charge >= 0.3 is 12.4 Å². The molecule has 0 amide bonds. The Kier molecular flexibility index (Phi) is 4.54. The molecule has 25 heavy (non-hydrogen) atoms. The van der Waals surface area contributed by atoms with E-state index >= 15 is 0 Å². The maximum absolute atomic E-state index is 12.9. The monoisotopic (exact) mass is 482 g/mol. The van der Waals surface area contributed by atoms with Crippen LogP contribution < -0.4 is 0 Å². The van der Waals surface area contributed by atoms with Crippen LogP contribution in [0.3, 0.4) is 0 Å². The number of halogens is 9. The van der Waals surface area contributed by atoms with Crippen LogP contribution in [0.5, 0.6) is 0 Å². The van der Waals surface area contributed by atoms with E-state index < -0.39 is 22.8 Å². The van der Waals surface area contributed by atoms with Gasteiger partial charge in [0.2, 0.25) is 0 Å². The van der Waals surface area contributed by atoms with Gasteiger partial charge in [0.15, 0.2) is 0 Å². The third kappa shape index (κ3) is 3.36. The van der Waals surface area contributed by atoms with Crippen molar-refractivity contribution in [3.63, 3.8) is 0 Å². The summed E-state index contributed by atoms with van der Waals surface area (Å²) < 4.78 is 77.9. The zero-order chi connectivity index (χ0) is 18.7. The summed E-state index contributed by atoms with van der Waals surface area (Å²) in [5, 5.41) is 3.30. The highest BCUT2D eigenvalue weighted by Crippen LogP contribution is 2.45. The molecule has 3 rings (SSSR count). The van der Waals surface area contributed by atoms with Crippen molar-refractivity contribution in [1.82, 2.24) is 9.78 Å². The number of aromatic nitrogens is 2. The molecule has 134 valence electrons. The van der Waals surface area contributed by atoms with Crippen LogP contribution in [-0.2, 0) is 12.4 Å². The van der Waals surface area contributed by atoms with Gasteiger partial charge < -0.3 is 0 Å². The molecule has 0 unspecified atom stereocenters. The molecule has 0 aliphatic heterocycles. The van der Waals surface area contributed by atoms with E-state index in [0.29, 0.717) is 23.5 Å². The van der Waals surface area contributed by atoms with E-state index in [9.17, 15) is 26.3 Å². The number of hydrogen-bond acceptors (Lipinski definition) is 2. The number of benzene rings is 1. The van der Waals surface area contributed by atoms with Gasteiger partial charge in [-0.1, -0.05) is 23.2 Å². The number of fused-ring (bicyclic) bond motifs is 1. The fraction of sp³-hybridized carbons (Fsp3) is 0.154. The molecule has 2 nitrogen and oxygen atoms in total. The molecule has 0 N–H and O–H groups in total. The van der Waals surface area contributed by atoms with Crippen LogP contribution in [-0.4, -0.2) is 9.78 Å². The van der Waals surface area contributed by atoms with Crippen molar-refractivity contribution in [1.29, 1.82) is 0 Å². The van der Waals surface area contributed by atoms with Crippen molar-refractivity contribution in [3.05, 3.63) is 43.3 Å². The van der Waals surface area contributed by atoms with E-state index in [1.807, 2.05) is 0 Å². The molecule has 0 radical (unpaired) electrons. The van der Waals surface area contributed by atoms with Crippen molar-refractivity contribution < 1.29 is 26.3 Å². The van der Waals surface area contributed by atoms with Crippen molar-refractivity contribution in [2.45, 2.75) is 12.4 Å². The minimum absolute atomic E-state index is 0.00403. The maximum atomic E-state index is 12.9. The number of hydrogen-bond donors (Lipinski definition) is 0. The normalized spacial score (nSPS) is 13.0. The summed E-state index contributed by atoms with van der Waals surface area (Å²) in [6.45, 7) is 0. The molecule has 12 heteroatoms. The molecule has 0 bridgehead atoms. The summed E-state index contributed by atoms with van der Waals surface area (Å²) in [7, 11) is 0. The molecule has 2 heterocycles. The third-order valence-electron chi connectivity index (χ3n) is 3.13. The smallest absolute Gasteiger partial charge is 0.236 e. The summed E-state index contributed by atoms with van der Waals surface area (Å²) in [6.07, 6.45) is -7.97. The number of alkyl halides is 6. The minimum Gasteiger partial charge on any atom is -0.236 e. The predicted octanol–water partition coefficient (Wildman–Crippen LogP) is 7.19. The first-order chi connectivity index (χ1) is 11.4. The van der Waals surface area contributed by atoms with Crippen molar-refractivity contribution in [2.24, 2.45) is 0 Å². The lowest BCUT2D eigenvalue weighted by Crippen LogP contribution is -2.07. The van der Waals surface area contributed by atoms with Crippen LogP contribution in [0.2, 0.25) is 10.0 Å². The van der Waals surface area contributed by atoms with Gasteiger partial charge in [-0.05, 0) is 28.1 Å². The van der Waals surface area contributed by atoms with Crippen molar-refractivity contribution in [2.75, 3.05) is 0 Å². The van der Waals surface area contributed by atoms with Crippen LogP contribution in [0.1, 0.15) is 10.4 Å². The SMILES string of the molecule is FC(F)(F)c1cc(Cl)c(-n2cc3sc(C(F)(F)F)c(Br)c3n2)c(Cl)c1. The molecule has 0 saturated heterocycles. The van der Waals surface area contributed by atoms with E-state index in [1.54, 1.807) is 0 Å². The molecule has 0 aliphatic rings. The topological polar surface area (TPSA) is 17.8 Å². The van der Waals surface area contributed by atoms with Gasteiger partial charge in [0.05, 0.1) is 24.8 Å². The van der Waals surface area contributed by atoms with Gasteiger partial charge in [-0.2, -0.15) is 31.4 Å². The minimum atomic E-state index is -4.64. The second kappa shape index (κ2) is 6.04. The third-order valence-corrected chi connectivity index (χ3v) is 5.90. The van der Waals surface area contributed by atoms with Crippen LogP contribution in [0.4, 0.5) is 26.3 Å². The van der Waals surface area contributed by atoms with Crippen LogP contribution in [0.25, 0.3) is 15.9 Å². The van der Waals surface area contributed by atoms with E-state index in [-0.39, 0.29) is 30.4 Å². The Morgan fingerprint density at radius 3 is 2.00 bits per heavy atom. The number of nitrogens with zero attached hydrogens (tertiary/aromatic N) is 2. The molecular formula is C13H3BrCl2F6N2S. The molecule has 0 saturated carbocycles. The average Bonchev–Trinajstić information content (AvgIpc) is 2.96. The van der Waals surface area contributed by atoms with Crippen LogP contribution >= 0.6 is 50.5 Å². The van der Waals surface area contributed by atoms with Gasteiger partial charge in [-0.15, -0.1) is 11.3 Å². The zero-order valence-corrected chi connectivity index (χ0v) is 15.4. The van der Waals surface area contributed by atoms with E-state index in [1.165, 1.54) is 6.20 Å². The Hall–Kier alpha value is -0.970. The summed E-state index contributed by atoms with van der Waals surface area (Å²) in [5.41, 5.74) is -1.09. The molecule has 0 aliphatic carbocycles. The van der Waals surface area contributed by atoms with Crippen LogP contribution in [0.15, 0.2) is 22.8 Å². The van der Waals surface area contributed by atoms with Crippen molar-refractivity contribution in [3.8, 4) is 5.69 Å². The van der Waals surface area contributed by atoms with Gasteiger partial charge in [0.1, 0.15) is 16.1 Å². The number of thiophene rings is 1. The maximum Gasteiger partial charge on any atom is 0.426 e. The van der Waals surface area contributed by atoms with E-state index in [0.717, 1.165) is 4.68 Å². The molecule has 1 aromatic carbocycles. The Labute approximate surface area is 158 Å². The lowest BCUT2D eigenvalue weighted by molar-refractivity contribution is -0.137. The highest BCUT2D eigenvalue weighted by Gasteiger charge is 2.37. The molecule has 0 atom stereocenters. The molecular weight excluding hydrogens is 481 g/mol. The summed E-state index contributed by atoms with van der Waals surface area (Å²) in [4.78, 5) is -0.859. The first-order valence-electron chi connectivity index (χ1n) is 6.21. The van der Waals surface area contributed by atoms with Gasteiger partial charge in [0, 0.05) is 6.20 Å². The van der Waals surface area contributed by atoms with Gasteiger partial charge in [-0.3, -0.25) is 0 Å². The summed E-state index contributed by atoms with van der Waals surface area (Å²) >= 11 is 15.1. The average molecular weight is 484 g/mol. The second-order valence-electron chi connectivity index (χ2n) is 4.82. The Bertz CT molecular complexity index is 952. The Morgan fingerprint density at radius 2 is 1.56 bits per heavy atom. The lowest BCUT2D eigenvalue weighted by atomic mass is 10.2. The highest BCUT2D eigenvalue weighted by molar-refractivity contribution is 9.10.